The number of thioether (sulfide) groups is 1. The second kappa shape index (κ2) is 8.89. The summed E-state index contributed by atoms with van der Waals surface area (Å²) < 4.78 is 1.47. The summed E-state index contributed by atoms with van der Waals surface area (Å²) in [6.07, 6.45) is 0. The van der Waals surface area contributed by atoms with Crippen molar-refractivity contribution >= 4 is 17.7 Å². The number of hydrogen-bond donors (Lipinski definition) is 1. The van der Waals surface area contributed by atoms with Crippen molar-refractivity contribution in [3.63, 3.8) is 0 Å². The Kier molecular flexibility index (Phi) is 6.31. The molecular formula is C22H23N3O2S. The topological polar surface area (TPSA) is 64.0 Å². The molecular weight excluding hydrogens is 370 g/mol. The summed E-state index contributed by atoms with van der Waals surface area (Å²) in [6.45, 7) is 3.60. The van der Waals surface area contributed by atoms with Crippen LogP contribution >= 0.6 is 11.8 Å². The number of nitrogens with zero attached hydrogens (tertiary/aromatic N) is 2. The first-order chi connectivity index (χ1) is 13.5. The van der Waals surface area contributed by atoms with E-state index in [1.54, 1.807) is 14.0 Å². The molecule has 1 heterocycles. The number of aromatic nitrogens is 2. The number of nitrogens with one attached hydrogen (secondary N) is 1. The van der Waals surface area contributed by atoms with Crippen LogP contribution in [0, 0.1) is 6.92 Å². The van der Waals surface area contributed by atoms with Gasteiger partial charge in [-0.1, -0.05) is 72.4 Å². The number of amides is 1. The van der Waals surface area contributed by atoms with E-state index in [0.29, 0.717) is 10.9 Å². The average Bonchev–Trinajstić information content (AvgIpc) is 2.71. The molecule has 1 aromatic heterocycles. The zero-order valence-electron chi connectivity index (χ0n) is 16.1. The van der Waals surface area contributed by atoms with Gasteiger partial charge in [0.25, 0.3) is 5.56 Å². The van der Waals surface area contributed by atoms with Crippen molar-refractivity contribution in [1.29, 1.82) is 0 Å². The van der Waals surface area contributed by atoms with Gasteiger partial charge in [-0.2, -0.15) is 0 Å². The lowest BCUT2D eigenvalue weighted by atomic mass is 9.98. The minimum Gasteiger partial charge on any atom is -0.344 e. The van der Waals surface area contributed by atoms with E-state index in [2.05, 4.69) is 10.3 Å². The van der Waals surface area contributed by atoms with Crippen LogP contribution in [0.4, 0.5) is 0 Å². The first-order valence-corrected chi connectivity index (χ1v) is 9.95. The van der Waals surface area contributed by atoms with Crippen molar-refractivity contribution in [2.75, 3.05) is 0 Å². The van der Waals surface area contributed by atoms with E-state index in [9.17, 15) is 9.59 Å². The molecule has 6 heteroatoms. The molecule has 2 aromatic carbocycles. The Balaban J connectivity index is 1.81. The summed E-state index contributed by atoms with van der Waals surface area (Å²) in [5.74, 6) is -0.113. The largest absolute Gasteiger partial charge is 0.344 e. The fourth-order valence-electron chi connectivity index (χ4n) is 2.85. The van der Waals surface area contributed by atoms with E-state index in [4.69, 9.17) is 0 Å². The molecule has 0 saturated heterocycles. The summed E-state index contributed by atoms with van der Waals surface area (Å²) >= 11 is 1.28. The Morgan fingerprint density at radius 1 is 1.04 bits per heavy atom. The van der Waals surface area contributed by atoms with Gasteiger partial charge in [0.05, 0.1) is 11.3 Å². The molecule has 0 aliphatic heterocycles. The molecule has 28 heavy (non-hydrogen) atoms. The second-order valence-electron chi connectivity index (χ2n) is 6.60. The van der Waals surface area contributed by atoms with Crippen LogP contribution in [0.5, 0.6) is 0 Å². The quantitative estimate of drug-likeness (QED) is 0.514. The van der Waals surface area contributed by atoms with Gasteiger partial charge in [0.1, 0.15) is 0 Å². The smallest absolute Gasteiger partial charge is 0.254 e. The summed E-state index contributed by atoms with van der Waals surface area (Å²) in [4.78, 5) is 29.3. The van der Waals surface area contributed by atoms with Crippen LogP contribution in [0.25, 0.3) is 0 Å². The molecule has 1 amide bonds. The highest BCUT2D eigenvalue weighted by atomic mass is 32.2. The average molecular weight is 394 g/mol. The molecule has 5 nitrogen and oxygen atoms in total. The number of hydrogen-bond acceptors (Lipinski definition) is 4. The molecule has 1 unspecified atom stereocenters. The normalized spacial score (nSPS) is 12.0. The molecule has 0 aliphatic carbocycles. The number of rotatable bonds is 6. The van der Waals surface area contributed by atoms with Gasteiger partial charge in [-0.15, -0.1) is 0 Å². The lowest BCUT2D eigenvalue weighted by Crippen LogP contribution is -2.35. The summed E-state index contributed by atoms with van der Waals surface area (Å²) in [7, 11) is 1.67. The van der Waals surface area contributed by atoms with Crippen LogP contribution in [-0.2, 0) is 11.8 Å². The van der Waals surface area contributed by atoms with Crippen LogP contribution in [0.3, 0.4) is 0 Å². The van der Waals surface area contributed by atoms with Crippen molar-refractivity contribution < 1.29 is 4.79 Å². The Morgan fingerprint density at radius 3 is 2.11 bits per heavy atom. The highest BCUT2D eigenvalue weighted by Crippen LogP contribution is 2.25. The monoisotopic (exact) mass is 393 g/mol. The van der Waals surface area contributed by atoms with Gasteiger partial charge in [0, 0.05) is 18.8 Å². The van der Waals surface area contributed by atoms with Gasteiger partial charge in [0.15, 0.2) is 5.16 Å². The summed E-state index contributed by atoms with van der Waals surface area (Å²) in [5, 5.41) is 3.27. The van der Waals surface area contributed by atoms with Crippen LogP contribution in [0.2, 0.25) is 0 Å². The molecule has 0 radical (unpaired) electrons. The molecule has 0 saturated carbocycles. The van der Waals surface area contributed by atoms with Crippen LogP contribution in [0.15, 0.2) is 76.7 Å². The van der Waals surface area contributed by atoms with Crippen molar-refractivity contribution in [3.8, 4) is 0 Å². The van der Waals surface area contributed by atoms with Gasteiger partial charge in [0.2, 0.25) is 5.91 Å². The fraction of sp³-hybridized carbons (Fsp3) is 0.227. The maximum atomic E-state index is 12.9. The third-order valence-electron chi connectivity index (χ3n) is 4.43. The van der Waals surface area contributed by atoms with E-state index in [1.165, 1.54) is 22.4 Å². The van der Waals surface area contributed by atoms with Crippen LogP contribution in [0.1, 0.15) is 29.8 Å². The van der Waals surface area contributed by atoms with E-state index in [-0.39, 0.29) is 17.5 Å². The predicted molar refractivity (Wildman–Crippen MR) is 112 cm³/mol. The molecule has 0 bridgehead atoms. The lowest BCUT2D eigenvalue weighted by Gasteiger charge is -2.22. The van der Waals surface area contributed by atoms with Crippen molar-refractivity contribution in [3.05, 3.63) is 93.9 Å². The van der Waals surface area contributed by atoms with Crippen molar-refractivity contribution in [1.82, 2.24) is 14.9 Å². The first-order valence-electron chi connectivity index (χ1n) is 9.07. The third kappa shape index (κ3) is 4.70. The van der Waals surface area contributed by atoms with E-state index >= 15 is 0 Å². The van der Waals surface area contributed by atoms with Gasteiger partial charge >= 0.3 is 0 Å². The highest BCUT2D eigenvalue weighted by Gasteiger charge is 2.22. The molecule has 1 atom stereocenters. The van der Waals surface area contributed by atoms with Gasteiger partial charge in [-0.3, -0.25) is 14.2 Å². The maximum Gasteiger partial charge on any atom is 0.254 e. The first kappa shape index (κ1) is 19.9. The third-order valence-corrected chi connectivity index (χ3v) is 5.57. The molecule has 3 aromatic rings. The Hall–Kier alpha value is -2.86. The van der Waals surface area contributed by atoms with Gasteiger partial charge in [-0.25, -0.2) is 4.98 Å². The fourth-order valence-corrected chi connectivity index (χ4v) is 3.79. The summed E-state index contributed by atoms with van der Waals surface area (Å²) in [6, 6.07) is 21.0. The van der Waals surface area contributed by atoms with Crippen molar-refractivity contribution in [2.45, 2.75) is 30.3 Å². The zero-order valence-corrected chi connectivity index (χ0v) is 16.9. The standard InChI is InChI=1S/C22H23N3O2S/c1-15-14-19(26)25(3)22(23-15)28-16(2)21(27)24-20(17-10-6-4-7-11-17)18-12-8-5-9-13-18/h4-14,16,20H,1-3H3,(H,24,27). The number of benzene rings is 2. The lowest BCUT2D eigenvalue weighted by molar-refractivity contribution is -0.120. The number of carbonyl (C=O) groups is 1. The Bertz CT molecular complexity index is 964. The Labute approximate surface area is 168 Å². The molecule has 0 aliphatic rings. The molecule has 144 valence electrons. The zero-order chi connectivity index (χ0) is 20.1. The Morgan fingerprint density at radius 2 is 1.57 bits per heavy atom. The van der Waals surface area contributed by atoms with Gasteiger partial charge in [-0.05, 0) is 25.0 Å². The van der Waals surface area contributed by atoms with Crippen LogP contribution < -0.4 is 10.9 Å². The van der Waals surface area contributed by atoms with Crippen molar-refractivity contribution in [2.24, 2.45) is 7.05 Å². The molecule has 0 spiro atoms. The summed E-state index contributed by atoms with van der Waals surface area (Å²) in [5.41, 5.74) is 2.54. The van der Waals surface area contributed by atoms with E-state index in [1.807, 2.05) is 67.6 Å². The minimum absolute atomic E-state index is 0.113. The molecule has 0 fully saturated rings. The van der Waals surface area contributed by atoms with Crippen LogP contribution in [-0.4, -0.2) is 20.7 Å². The minimum atomic E-state index is -0.408. The SMILES string of the molecule is Cc1cc(=O)n(C)c(SC(C)C(=O)NC(c2ccccc2)c2ccccc2)n1. The molecule has 3 rings (SSSR count). The highest BCUT2D eigenvalue weighted by molar-refractivity contribution is 8.00. The van der Waals surface area contributed by atoms with E-state index < -0.39 is 5.25 Å². The van der Waals surface area contributed by atoms with E-state index in [0.717, 1.165) is 11.1 Å². The maximum absolute atomic E-state index is 12.9. The number of carbonyl (C=O) groups excluding carboxylic acids is 1. The molecule has 1 N–H and O–H groups in total. The second-order valence-corrected chi connectivity index (χ2v) is 7.91. The predicted octanol–water partition coefficient (Wildman–Crippen LogP) is 3.48. The number of aryl methyl sites for hydroxylation is 1. The van der Waals surface area contributed by atoms with Gasteiger partial charge < -0.3 is 5.32 Å².